The molecule has 7 nitrogen and oxygen atoms in total. The maximum absolute atomic E-state index is 12.7. The van der Waals surface area contributed by atoms with Crippen LogP contribution in [0.25, 0.3) is 0 Å². The highest BCUT2D eigenvalue weighted by Crippen LogP contribution is 2.48. The Hall–Kier alpha value is -2.83. The van der Waals surface area contributed by atoms with Gasteiger partial charge in [-0.25, -0.2) is 4.79 Å². The summed E-state index contributed by atoms with van der Waals surface area (Å²) in [6, 6.07) is 8.62. The van der Waals surface area contributed by atoms with Crippen LogP contribution in [0.5, 0.6) is 5.75 Å². The molecule has 1 amide bonds. The van der Waals surface area contributed by atoms with Gasteiger partial charge in [0.25, 0.3) is 5.56 Å². The minimum absolute atomic E-state index is 0.125. The largest absolute Gasteiger partial charge is 0.483 e. The van der Waals surface area contributed by atoms with E-state index < -0.39 is 11.2 Å². The molecular weight excluding hydrogens is 298 g/mol. The van der Waals surface area contributed by atoms with E-state index in [1.165, 1.54) is 16.8 Å². The lowest BCUT2D eigenvalue weighted by atomic mass is 10.1. The molecule has 1 aliphatic heterocycles. The van der Waals surface area contributed by atoms with Crippen molar-refractivity contribution >= 4 is 11.6 Å². The number of ether oxygens (including phenoxy) is 1. The fourth-order valence-corrected chi connectivity index (χ4v) is 2.83. The number of fused-ring (bicyclic) bond motifs is 1. The van der Waals surface area contributed by atoms with Gasteiger partial charge in [0.2, 0.25) is 5.91 Å². The molecule has 0 radical (unpaired) electrons. The predicted octanol–water partition coefficient (Wildman–Crippen LogP) is 0.495. The van der Waals surface area contributed by atoms with Crippen LogP contribution in [0.2, 0.25) is 0 Å². The van der Waals surface area contributed by atoms with E-state index in [0.717, 1.165) is 12.8 Å². The zero-order chi connectivity index (χ0) is 16.0. The highest BCUT2D eigenvalue weighted by molar-refractivity contribution is 5.95. The Kier molecular flexibility index (Phi) is 2.90. The monoisotopic (exact) mass is 313 g/mol. The van der Waals surface area contributed by atoms with Crippen molar-refractivity contribution < 1.29 is 9.53 Å². The Labute approximate surface area is 131 Å². The number of carbonyl (C=O) groups excluding carboxylic acids is 1. The third-order valence-corrected chi connectivity index (χ3v) is 4.24. The van der Waals surface area contributed by atoms with Gasteiger partial charge in [0.1, 0.15) is 17.9 Å². The maximum Gasteiger partial charge on any atom is 0.328 e. The second kappa shape index (κ2) is 4.84. The van der Waals surface area contributed by atoms with Crippen molar-refractivity contribution in [3.63, 3.8) is 0 Å². The average molecular weight is 313 g/mol. The Balaban J connectivity index is 1.65. The zero-order valence-corrected chi connectivity index (χ0v) is 12.3. The number of hydrogen-bond donors (Lipinski definition) is 1. The van der Waals surface area contributed by atoms with Crippen molar-refractivity contribution in [1.82, 2.24) is 9.55 Å². The molecule has 23 heavy (non-hydrogen) atoms. The first-order chi connectivity index (χ1) is 11.1. The van der Waals surface area contributed by atoms with E-state index in [1.807, 2.05) is 24.3 Å². The van der Waals surface area contributed by atoms with Crippen LogP contribution in [0.1, 0.15) is 12.8 Å². The number of nitrogens with one attached hydrogen (secondary N) is 1. The van der Waals surface area contributed by atoms with Gasteiger partial charge >= 0.3 is 5.69 Å². The number of carbonyl (C=O) groups is 1. The number of amides is 1. The Morgan fingerprint density at radius 3 is 2.74 bits per heavy atom. The summed E-state index contributed by atoms with van der Waals surface area (Å²) in [6.45, 7) is 0.362. The highest BCUT2D eigenvalue weighted by atomic mass is 16.5. The third kappa shape index (κ3) is 2.44. The van der Waals surface area contributed by atoms with E-state index in [2.05, 4.69) is 4.98 Å². The summed E-state index contributed by atoms with van der Waals surface area (Å²) >= 11 is 0. The Bertz CT molecular complexity index is 894. The zero-order valence-electron chi connectivity index (χ0n) is 12.3. The van der Waals surface area contributed by atoms with Crippen LogP contribution >= 0.6 is 0 Å². The second-order valence-electron chi connectivity index (χ2n) is 5.97. The highest BCUT2D eigenvalue weighted by Gasteiger charge is 2.51. The summed E-state index contributed by atoms with van der Waals surface area (Å²) in [4.78, 5) is 39.4. The predicted molar refractivity (Wildman–Crippen MR) is 82.7 cm³/mol. The third-order valence-electron chi connectivity index (χ3n) is 4.24. The fourth-order valence-electron chi connectivity index (χ4n) is 2.83. The van der Waals surface area contributed by atoms with Crippen molar-refractivity contribution in [2.45, 2.75) is 25.0 Å². The number of H-pyrrole nitrogens is 1. The van der Waals surface area contributed by atoms with Gasteiger partial charge in [-0.15, -0.1) is 0 Å². The van der Waals surface area contributed by atoms with Crippen LogP contribution < -0.4 is 20.9 Å². The summed E-state index contributed by atoms with van der Waals surface area (Å²) in [7, 11) is 0. The van der Waals surface area contributed by atoms with Gasteiger partial charge in [0.05, 0.1) is 12.2 Å². The van der Waals surface area contributed by atoms with Crippen molar-refractivity contribution in [2.24, 2.45) is 0 Å². The number of anilines is 1. The van der Waals surface area contributed by atoms with Crippen molar-refractivity contribution in [3.05, 3.63) is 57.4 Å². The van der Waals surface area contributed by atoms with E-state index in [0.29, 0.717) is 18.0 Å². The summed E-state index contributed by atoms with van der Waals surface area (Å²) in [5, 5.41) is 0. The first-order valence-corrected chi connectivity index (χ1v) is 7.45. The molecule has 2 heterocycles. The molecule has 7 heteroatoms. The van der Waals surface area contributed by atoms with Crippen LogP contribution in [-0.2, 0) is 11.3 Å². The molecule has 1 fully saturated rings. The lowest BCUT2D eigenvalue weighted by molar-refractivity contribution is -0.119. The number of aromatic nitrogens is 2. The topological polar surface area (TPSA) is 84.4 Å². The summed E-state index contributed by atoms with van der Waals surface area (Å²) in [5.41, 5.74) is -0.631. The summed E-state index contributed by atoms with van der Waals surface area (Å²) < 4.78 is 7.19. The van der Waals surface area contributed by atoms with Gasteiger partial charge in [-0.05, 0) is 25.0 Å². The second-order valence-corrected chi connectivity index (χ2v) is 5.97. The van der Waals surface area contributed by atoms with Gasteiger partial charge in [-0.1, -0.05) is 12.1 Å². The molecule has 0 atom stereocenters. The summed E-state index contributed by atoms with van der Waals surface area (Å²) in [6.07, 6.45) is 3.17. The molecule has 1 saturated carbocycles. The molecule has 1 spiro atoms. The standard InChI is InChI=1S/C16H15N3O4/c20-13-5-8-18(15(22)17-13)9-14(21)19-10-16(6-7-16)23-12-4-2-1-3-11(12)19/h1-5,8H,6-7,9-10H2,(H,17,20,22). The number of benzene rings is 1. The molecule has 0 bridgehead atoms. The van der Waals surface area contributed by atoms with Gasteiger partial charge in [0, 0.05) is 12.3 Å². The van der Waals surface area contributed by atoms with E-state index >= 15 is 0 Å². The van der Waals surface area contributed by atoms with Gasteiger partial charge < -0.3 is 9.64 Å². The molecule has 2 aliphatic rings. The normalized spacial score (nSPS) is 17.5. The van der Waals surface area contributed by atoms with Crippen molar-refractivity contribution in [2.75, 3.05) is 11.4 Å². The minimum atomic E-state index is -0.589. The minimum Gasteiger partial charge on any atom is -0.483 e. The Morgan fingerprint density at radius 2 is 2.00 bits per heavy atom. The van der Waals surface area contributed by atoms with E-state index in [9.17, 15) is 14.4 Å². The van der Waals surface area contributed by atoms with Gasteiger partial charge in [-0.2, -0.15) is 0 Å². The SMILES string of the molecule is O=C(Cn1ccc(=O)[nH]c1=O)N1CC2(CC2)Oc2ccccc21. The first-order valence-electron chi connectivity index (χ1n) is 7.45. The van der Waals surface area contributed by atoms with Crippen molar-refractivity contribution in [1.29, 1.82) is 0 Å². The number of aromatic amines is 1. The maximum atomic E-state index is 12.7. The van der Waals surface area contributed by atoms with Gasteiger partial charge in [-0.3, -0.25) is 19.1 Å². The molecule has 1 aromatic heterocycles. The molecule has 0 unspecified atom stereocenters. The molecule has 4 rings (SSSR count). The molecule has 1 aromatic carbocycles. The molecule has 2 aromatic rings. The quantitative estimate of drug-likeness (QED) is 0.875. The molecule has 1 aliphatic carbocycles. The lowest BCUT2D eigenvalue weighted by Gasteiger charge is -2.35. The van der Waals surface area contributed by atoms with E-state index in [4.69, 9.17) is 4.74 Å². The van der Waals surface area contributed by atoms with Crippen LogP contribution in [0.15, 0.2) is 46.1 Å². The summed E-state index contributed by atoms with van der Waals surface area (Å²) in [5.74, 6) is 0.486. The smallest absolute Gasteiger partial charge is 0.328 e. The van der Waals surface area contributed by atoms with Crippen LogP contribution in [0, 0.1) is 0 Å². The lowest BCUT2D eigenvalue weighted by Crippen LogP contribution is -2.47. The van der Waals surface area contributed by atoms with Crippen LogP contribution in [0.3, 0.4) is 0 Å². The number of nitrogens with zero attached hydrogens (tertiary/aromatic N) is 2. The molecule has 1 N–H and O–H groups in total. The molecule has 118 valence electrons. The molecular formula is C16H15N3O4. The number of rotatable bonds is 2. The average Bonchev–Trinajstić information content (AvgIpc) is 3.28. The first kappa shape index (κ1) is 13.8. The number of para-hydroxylation sites is 2. The van der Waals surface area contributed by atoms with Crippen LogP contribution in [-0.4, -0.2) is 27.6 Å². The Morgan fingerprint density at radius 1 is 1.22 bits per heavy atom. The van der Waals surface area contributed by atoms with E-state index in [1.54, 1.807) is 4.90 Å². The van der Waals surface area contributed by atoms with Crippen molar-refractivity contribution in [3.8, 4) is 5.75 Å². The van der Waals surface area contributed by atoms with Crippen LogP contribution in [0.4, 0.5) is 5.69 Å². The van der Waals surface area contributed by atoms with Gasteiger partial charge in [0.15, 0.2) is 0 Å². The molecule has 0 saturated heterocycles. The van der Waals surface area contributed by atoms with E-state index in [-0.39, 0.29) is 18.1 Å². The number of hydrogen-bond acceptors (Lipinski definition) is 4. The fraction of sp³-hybridized carbons (Fsp3) is 0.312.